The van der Waals surface area contributed by atoms with Crippen molar-refractivity contribution >= 4 is 17.7 Å². The van der Waals surface area contributed by atoms with Gasteiger partial charge in [-0.2, -0.15) is 0 Å². The third kappa shape index (κ3) is 9.19. The number of carboxylic acids is 2. The molecule has 1 aliphatic heterocycles. The second-order valence-electron chi connectivity index (χ2n) is 7.10. The molecule has 2 atom stereocenters. The summed E-state index contributed by atoms with van der Waals surface area (Å²) in [4.78, 5) is 32.0. The van der Waals surface area contributed by atoms with Crippen molar-refractivity contribution in [2.24, 2.45) is 11.8 Å². The van der Waals surface area contributed by atoms with Crippen LogP contribution in [-0.2, 0) is 9.59 Å². The molecule has 1 aliphatic rings. The van der Waals surface area contributed by atoms with Gasteiger partial charge in [-0.15, -0.1) is 0 Å². The van der Waals surface area contributed by atoms with Gasteiger partial charge in [-0.05, 0) is 55.9 Å². The highest BCUT2D eigenvalue weighted by Crippen LogP contribution is 2.21. The van der Waals surface area contributed by atoms with Crippen LogP contribution in [0.5, 0.6) is 5.75 Å². The third-order valence-corrected chi connectivity index (χ3v) is 4.28. The zero-order chi connectivity index (χ0) is 20.4. The number of carbonyl (C=O) groups excluding carboxylic acids is 1. The van der Waals surface area contributed by atoms with Crippen LogP contribution < -0.4 is 4.74 Å². The van der Waals surface area contributed by atoms with Crippen molar-refractivity contribution in [3.63, 3.8) is 0 Å². The maximum atomic E-state index is 11.2. The van der Waals surface area contributed by atoms with Gasteiger partial charge in [-0.3, -0.25) is 4.79 Å². The van der Waals surface area contributed by atoms with Gasteiger partial charge in [-0.1, -0.05) is 13.8 Å². The molecule has 0 radical (unpaired) electrons. The van der Waals surface area contributed by atoms with Crippen LogP contribution in [0, 0.1) is 11.8 Å². The Hall–Kier alpha value is -2.41. The summed E-state index contributed by atoms with van der Waals surface area (Å²) in [5.41, 5.74) is 0.735. The van der Waals surface area contributed by atoms with E-state index in [9.17, 15) is 4.79 Å². The number of ketones is 1. The summed E-state index contributed by atoms with van der Waals surface area (Å²) in [6, 6.07) is 7.40. The summed E-state index contributed by atoms with van der Waals surface area (Å²) in [6.45, 7) is 10.6. The number of hydrogen-bond acceptors (Lipinski definition) is 5. The highest BCUT2D eigenvalue weighted by atomic mass is 16.5. The second-order valence-corrected chi connectivity index (χ2v) is 7.10. The van der Waals surface area contributed by atoms with Gasteiger partial charge in [-0.25, -0.2) is 9.59 Å². The topological polar surface area (TPSA) is 104 Å². The summed E-state index contributed by atoms with van der Waals surface area (Å²) < 4.78 is 5.75. The van der Waals surface area contributed by atoms with Gasteiger partial charge in [0.2, 0.25) is 0 Å². The number of aliphatic carboxylic acids is 2. The molecular weight excluding hydrogens is 350 g/mol. The van der Waals surface area contributed by atoms with Gasteiger partial charge in [0.05, 0.1) is 6.61 Å². The Morgan fingerprint density at radius 3 is 2.00 bits per heavy atom. The zero-order valence-electron chi connectivity index (χ0n) is 16.2. The number of Topliss-reactive ketones (excluding diaryl/α,β-unsaturated/α-hetero) is 1. The first kappa shape index (κ1) is 22.6. The highest BCUT2D eigenvalue weighted by Gasteiger charge is 2.20. The maximum Gasteiger partial charge on any atom is 0.414 e. The molecule has 27 heavy (non-hydrogen) atoms. The standard InChI is InChI=1S/C18H27NO2.C2H2O4/c1-14-11-15(2)13-19(12-14)9-4-10-21-18-7-5-17(6-8-18)16(3)20;3-1(4)2(5)6/h5-8,14-15H,4,9-13H2,1-3H3;(H,3,4)(H,5,6)/t14-,15-;/m1./s1. The Kier molecular flexibility index (Phi) is 9.50. The van der Waals surface area contributed by atoms with Crippen LogP contribution in [0.3, 0.4) is 0 Å². The molecule has 0 spiro atoms. The van der Waals surface area contributed by atoms with E-state index in [1.54, 1.807) is 6.92 Å². The van der Waals surface area contributed by atoms with E-state index in [-0.39, 0.29) is 5.78 Å². The molecule has 2 rings (SSSR count). The Morgan fingerprint density at radius 1 is 1.04 bits per heavy atom. The van der Waals surface area contributed by atoms with Gasteiger partial charge < -0.3 is 19.8 Å². The molecule has 7 nitrogen and oxygen atoms in total. The molecule has 0 unspecified atom stereocenters. The Morgan fingerprint density at radius 2 is 1.56 bits per heavy atom. The molecule has 0 saturated carbocycles. The van der Waals surface area contributed by atoms with E-state index in [0.717, 1.165) is 42.7 Å². The molecule has 0 bridgehead atoms. The SMILES string of the molecule is CC(=O)c1ccc(OCCCN2C[C@H](C)C[C@@H](C)C2)cc1.O=C(O)C(=O)O. The molecule has 150 valence electrons. The van der Waals surface area contributed by atoms with E-state index in [1.807, 2.05) is 24.3 Å². The molecule has 1 heterocycles. The average molecular weight is 379 g/mol. The average Bonchev–Trinajstić information content (AvgIpc) is 2.59. The molecular formula is C20H29NO6. The lowest BCUT2D eigenvalue weighted by Crippen LogP contribution is -2.39. The summed E-state index contributed by atoms with van der Waals surface area (Å²) in [5.74, 6) is -1.08. The van der Waals surface area contributed by atoms with E-state index in [4.69, 9.17) is 24.5 Å². The first-order chi connectivity index (χ1) is 12.7. The number of benzene rings is 1. The third-order valence-electron chi connectivity index (χ3n) is 4.28. The van der Waals surface area contributed by atoms with Crippen LogP contribution in [0.15, 0.2) is 24.3 Å². The van der Waals surface area contributed by atoms with Crippen LogP contribution in [0.2, 0.25) is 0 Å². The zero-order valence-corrected chi connectivity index (χ0v) is 16.2. The normalized spacial score (nSPS) is 19.5. The number of ether oxygens (including phenoxy) is 1. The van der Waals surface area contributed by atoms with Crippen molar-refractivity contribution in [3.8, 4) is 5.75 Å². The predicted molar refractivity (Wildman–Crippen MR) is 101 cm³/mol. The van der Waals surface area contributed by atoms with Gasteiger partial charge in [0, 0.05) is 25.2 Å². The van der Waals surface area contributed by atoms with Crippen molar-refractivity contribution in [1.82, 2.24) is 4.90 Å². The first-order valence-corrected chi connectivity index (χ1v) is 9.11. The van der Waals surface area contributed by atoms with Gasteiger partial charge in [0.25, 0.3) is 0 Å². The minimum atomic E-state index is -1.82. The molecule has 2 N–H and O–H groups in total. The Bertz CT molecular complexity index is 606. The van der Waals surface area contributed by atoms with Crippen molar-refractivity contribution in [1.29, 1.82) is 0 Å². The molecule has 0 aromatic heterocycles. The van der Waals surface area contributed by atoms with Gasteiger partial charge in [0.15, 0.2) is 5.78 Å². The minimum Gasteiger partial charge on any atom is -0.494 e. The minimum absolute atomic E-state index is 0.0925. The van der Waals surface area contributed by atoms with Crippen LogP contribution in [0.25, 0.3) is 0 Å². The molecule has 1 aromatic carbocycles. The van der Waals surface area contributed by atoms with E-state index in [2.05, 4.69) is 18.7 Å². The summed E-state index contributed by atoms with van der Waals surface area (Å²) in [5, 5.41) is 14.8. The summed E-state index contributed by atoms with van der Waals surface area (Å²) >= 11 is 0. The number of piperidine rings is 1. The van der Waals surface area contributed by atoms with Crippen LogP contribution in [0.4, 0.5) is 0 Å². The fourth-order valence-electron chi connectivity index (χ4n) is 3.24. The predicted octanol–water partition coefficient (Wildman–Crippen LogP) is 2.79. The van der Waals surface area contributed by atoms with E-state index in [0.29, 0.717) is 0 Å². The lowest BCUT2D eigenvalue weighted by molar-refractivity contribution is -0.159. The Balaban J connectivity index is 0.000000527. The summed E-state index contributed by atoms with van der Waals surface area (Å²) in [7, 11) is 0. The molecule has 0 aliphatic carbocycles. The molecule has 1 saturated heterocycles. The van der Waals surface area contributed by atoms with Gasteiger partial charge >= 0.3 is 11.9 Å². The molecule has 1 fully saturated rings. The van der Waals surface area contributed by atoms with Crippen LogP contribution in [0.1, 0.15) is 44.0 Å². The lowest BCUT2D eigenvalue weighted by atomic mass is 9.92. The number of nitrogens with zero attached hydrogens (tertiary/aromatic N) is 1. The van der Waals surface area contributed by atoms with Crippen LogP contribution in [-0.4, -0.2) is 59.1 Å². The quantitative estimate of drug-likeness (QED) is 0.445. The van der Waals surface area contributed by atoms with Crippen molar-refractivity contribution < 1.29 is 29.3 Å². The number of carbonyl (C=O) groups is 3. The fourth-order valence-corrected chi connectivity index (χ4v) is 3.24. The van der Waals surface area contributed by atoms with Crippen molar-refractivity contribution in [2.75, 3.05) is 26.2 Å². The number of likely N-dealkylation sites (tertiary alicyclic amines) is 1. The Labute approximate surface area is 159 Å². The van der Waals surface area contributed by atoms with Gasteiger partial charge in [0.1, 0.15) is 5.75 Å². The first-order valence-electron chi connectivity index (χ1n) is 9.11. The molecule has 7 heteroatoms. The second kappa shape index (κ2) is 11.3. The number of hydrogen-bond donors (Lipinski definition) is 2. The maximum absolute atomic E-state index is 11.2. The van der Waals surface area contributed by atoms with E-state index < -0.39 is 11.9 Å². The molecule has 1 aromatic rings. The number of rotatable bonds is 6. The highest BCUT2D eigenvalue weighted by molar-refractivity contribution is 6.27. The van der Waals surface area contributed by atoms with Crippen molar-refractivity contribution in [3.05, 3.63) is 29.8 Å². The lowest BCUT2D eigenvalue weighted by Gasteiger charge is -2.34. The number of carboxylic acid groups (broad SMARTS) is 2. The van der Waals surface area contributed by atoms with Crippen molar-refractivity contribution in [2.45, 2.75) is 33.6 Å². The monoisotopic (exact) mass is 379 g/mol. The van der Waals surface area contributed by atoms with Crippen LogP contribution >= 0.6 is 0 Å². The largest absolute Gasteiger partial charge is 0.494 e. The fraction of sp³-hybridized carbons (Fsp3) is 0.550. The van der Waals surface area contributed by atoms with E-state index in [1.165, 1.54) is 19.5 Å². The summed E-state index contributed by atoms with van der Waals surface area (Å²) in [6.07, 6.45) is 2.41. The smallest absolute Gasteiger partial charge is 0.414 e. The molecule has 0 amide bonds. The van der Waals surface area contributed by atoms with E-state index >= 15 is 0 Å².